The van der Waals surface area contributed by atoms with E-state index in [0.29, 0.717) is 13.1 Å². The second-order valence-electron chi connectivity index (χ2n) is 5.26. The van der Waals surface area contributed by atoms with Crippen LogP contribution in [0.3, 0.4) is 0 Å². The van der Waals surface area contributed by atoms with Crippen molar-refractivity contribution in [3.8, 4) is 0 Å². The normalized spacial score (nSPS) is 17.7. The first-order chi connectivity index (χ1) is 9.65. The van der Waals surface area contributed by atoms with Gasteiger partial charge in [-0.3, -0.25) is 9.78 Å². The monoisotopic (exact) mass is 278 g/mol. The van der Waals surface area contributed by atoms with Crippen LogP contribution in [0.15, 0.2) is 24.4 Å². The number of carboxylic acid groups (broad SMARTS) is 1. The van der Waals surface area contributed by atoms with Crippen molar-refractivity contribution in [2.75, 3.05) is 13.1 Å². The Bertz CT molecular complexity index is 596. The zero-order valence-electron chi connectivity index (χ0n) is 12.0. The Balaban J connectivity index is 0.00000161. The van der Waals surface area contributed by atoms with E-state index in [-0.39, 0.29) is 36.4 Å². The summed E-state index contributed by atoms with van der Waals surface area (Å²) >= 11 is 0. The van der Waals surface area contributed by atoms with Crippen molar-refractivity contribution in [3.63, 3.8) is 0 Å². The summed E-state index contributed by atoms with van der Waals surface area (Å²) in [6.07, 6.45) is 6.26. The molecule has 1 saturated carbocycles. The molecule has 1 amide bonds. The maximum atomic E-state index is 11.9. The molecule has 1 aliphatic heterocycles. The summed E-state index contributed by atoms with van der Waals surface area (Å²) in [7, 11) is 0. The third kappa shape index (κ3) is 3.55. The Morgan fingerprint density at radius 3 is 2.67 bits per heavy atom. The molecule has 21 heavy (non-hydrogen) atoms. The van der Waals surface area contributed by atoms with Gasteiger partial charge in [0.15, 0.2) is 0 Å². The molecule has 0 saturated heterocycles. The zero-order chi connectivity index (χ0) is 14.1. The molecule has 0 aromatic carbocycles. The zero-order valence-corrected chi connectivity index (χ0v) is 12.0. The van der Waals surface area contributed by atoms with Gasteiger partial charge in [0.1, 0.15) is 0 Å². The van der Waals surface area contributed by atoms with Gasteiger partial charge in [0.2, 0.25) is 5.91 Å². The fourth-order valence-electron chi connectivity index (χ4n) is 2.46. The van der Waals surface area contributed by atoms with Crippen molar-refractivity contribution < 1.29 is 33.6 Å². The molecule has 0 radical (unpaired) electrons. The Labute approximate surface area is 135 Å². The molecule has 0 spiro atoms. The molecule has 1 aromatic heterocycles. The summed E-state index contributed by atoms with van der Waals surface area (Å²) in [5.41, 5.74) is 1.85. The number of rotatable bonds is 3. The van der Waals surface area contributed by atoms with Gasteiger partial charge in [0, 0.05) is 25.2 Å². The fraction of sp³-hybridized carbons (Fsp3) is 0.400. The Hall–Kier alpha value is -1.57. The van der Waals surface area contributed by atoms with Crippen molar-refractivity contribution in [1.82, 2.24) is 9.88 Å². The van der Waals surface area contributed by atoms with Crippen molar-refractivity contribution in [1.29, 1.82) is 0 Å². The van der Waals surface area contributed by atoms with E-state index in [2.05, 4.69) is 4.98 Å². The largest absolute Gasteiger partial charge is 1.00 e. The van der Waals surface area contributed by atoms with Crippen LogP contribution < -0.4 is 24.0 Å². The molecule has 2 heterocycles. The van der Waals surface area contributed by atoms with Crippen molar-refractivity contribution >= 4 is 17.4 Å². The molecular formula is C15H15LiN2O3. The van der Waals surface area contributed by atoms with Crippen molar-refractivity contribution in [3.05, 3.63) is 35.7 Å². The van der Waals surface area contributed by atoms with E-state index < -0.39 is 5.97 Å². The maximum Gasteiger partial charge on any atom is 1.00 e. The number of nitrogens with zero attached hydrogens (tertiary/aromatic N) is 2. The van der Waals surface area contributed by atoms with E-state index in [1.54, 1.807) is 6.07 Å². The predicted molar refractivity (Wildman–Crippen MR) is 70.5 cm³/mol. The number of pyridine rings is 1. The van der Waals surface area contributed by atoms with Gasteiger partial charge in [-0.1, -0.05) is 6.08 Å². The van der Waals surface area contributed by atoms with Crippen LogP contribution in [0.1, 0.15) is 35.3 Å². The van der Waals surface area contributed by atoms with E-state index in [9.17, 15) is 14.7 Å². The van der Waals surface area contributed by atoms with Crippen LogP contribution >= 0.6 is 0 Å². The predicted octanol–water partition coefficient (Wildman–Crippen LogP) is -2.53. The topological polar surface area (TPSA) is 73.3 Å². The summed E-state index contributed by atoms with van der Waals surface area (Å²) in [5, 5.41) is 10.8. The number of hydrogen-bond donors (Lipinski definition) is 0. The van der Waals surface area contributed by atoms with E-state index in [1.165, 1.54) is 12.3 Å². The van der Waals surface area contributed by atoms with Gasteiger partial charge in [-0.05, 0) is 42.5 Å². The quantitative estimate of drug-likeness (QED) is 0.572. The van der Waals surface area contributed by atoms with Gasteiger partial charge in [-0.2, -0.15) is 0 Å². The van der Waals surface area contributed by atoms with Gasteiger partial charge in [0.25, 0.3) is 0 Å². The van der Waals surface area contributed by atoms with Crippen LogP contribution in [-0.2, 0) is 4.79 Å². The molecule has 0 N–H and O–H groups in total. The number of aromatic carboxylic acids is 1. The molecule has 0 unspecified atom stereocenters. The molecule has 0 bridgehead atoms. The maximum absolute atomic E-state index is 11.9. The van der Waals surface area contributed by atoms with E-state index >= 15 is 0 Å². The van der Waals surface area contributed by atoms with Crippen LogP contribution in [0.4, 0.5) is 0 Å². The molecule has 5 nitrogen and oxygen atoms in total. The van der Waals surface area contributed by atoms with Gasteiger partial charge in [-0.15, -0.1) is 0 Å². The van der Waals surface area contributed by atoms with Gasteiger partial charge in [-0.25, -0.2) is 0 Å². The minimum atomic E-state index is -1.27. The Morgan fingerprint density at radius 2 is 2.10 bits per heavy atom. The second-order valence-corrected chi connectivity index (χ2v) is 5.26. The summed E-state index contributed by atoms with van der Waals surface area (Å²) in [6, 6.07) is 3.32. The van der Waals surface area contributed by atoms with Crippen molar-refractivity contribution in [2.24, 2.45) is 5.92 Å². The number of amides is 1. The fourth-order valence-corrected chi connectivity index (χ4v) is 2.46. The first-order valence-corrected chi connectivity index (χ1v) is 6.81. The Morgan fingerprint density at radius 1 is 1.33 bits per heavy atom. The van der Waals surface area contributed by atoms with E-state index in [0.717, 1.165) is 30.4 Å². The van der Waals surface area contributed by atoms with E-state index in [4.69, 9.17) is 0 Å². The third-order valence-corrected chi connectivity index (χ3v) is 3.79. The van der Waals surface area contributed by atoms with Crippen LogP contribution in [0, 0.1) is 5.92 Å². The third-order valence-electron chi connectivity index (χ3n) is 3.79. The average Bonchev–Trinajstić information content (AvgIpc) is 3.31. The molecule has 1 fully saturated rings. The van der Waals surface area contributed by atoms with Crippen LogP contribution in [0.25, 0.3) is 5.57 Å². The summed E-state index contributed by atoms with van der Waals surface area (Å²) in [4.78, 5) is 28.4. The average molecular weight is 278 g/mol. The number of carbonyl (C=O) groups excluding carboxylic acids is 2. The number of carboxylic acids is 1. The molecular weight excluding hydrogens is 263 g/mol. The molecule has 3 rings (SSSR count). The minimum absolute atomic E-state index is 0. The minimum Gasteiger partial charge on any atom is -0.543 e. The first-order valence-electron chi connectivity index (χ1n) is 6.81. The molecule has 1 aliphatic carbocycles. The molecule has 2 aliphatic rings. The second kappa shape index (κ2) is 6.46. The Kier molecular flexibility index (Phi) is 4.87. The first kappa shape index (κ1) is 15.8. The number of aromatic nitrogens is 1. The summed E-state index contributed by atoms with van der Waals surface area (Å²) < 4.78 is 0. The molecule has 1 aromatic rings. The number of hydrogen-bond acceptors (Lipinski definition) is 4. The summed E-state index contributed by atoms with van der Waals surface area (Å²) in [6.45, 7) is 1.30. The van der Waals surface area contributed by atoms with Crippen molar-refractivity contribution in [2.45, 2.75) is 19.3 Å². The van der Waals surface area contributed by atoms with Gasteiger partial charge < -0.3 is 14.8 Å². The molecule has 104 valence electrons. The van der Waals surface area contributed by atoms with E-state index in [1.807, 2.05) is 11.0 Å². The van der Waals surface area contributed by atoms with Crippen LogP contribution in [0.5, 0.6) is 0 Å². The van der Waals surface area contributed by atoms with Crippen LogP contribution in [0.2, 0.25) is 0 Å². The molecule has 0 atom stereocenters. The summed E-state index contributed by atoms with van der Waals surface area (Å²) in [5.74, 6) is -0.769. The number of carbonyl (C=O) groups is 2. The standard InChI is InChI=1S/C15H16N2O3.Li/c18-14(11-1-2-11)17-7-4-10(5-8-17)12-3-6-16-13(9-12)15(19)20;/h3-4,6,9,11H,1-2,5,7-8H2,(H,19,20);/q;+1/p-1. The van der Waals surface area contributed by atoms with Gasteiger partial charge in [0.05, 0.1) is 11.7 Å². The smallest absolute Gasteiger partial charge is 0.543 e. The van der Waals surface area contributed by atoms with Gasteiger partial charge >= 0.3 is 18.9 Å². The van der Waals surface area contributed by atoms with Crippen LogP contribution in [-0.4, -0.2) is 34.8 Å². The molecule has 6 heteroatoms. The SMILES string of the molecule is O=C([O-])c1cc(C2=CCN(C(=O)C3CC3)CC2)ccn1.[Li+].